The van der Waals surface area contributed by atoms with Gasteiger partial charge in [-0.1, -0.05) is 112 Å². The number of halogens is 1. The SMILES string of the molecule is CC(C)(C)S(=O)N[C@@H](/C(F)=C/CCO[Si](c1ccccc1)(c1ccccc1)C(C)(C)C)c1ccccc1. The second-order valence-electron chi connectivity index (χ2n) is 11.2. The molecule has 0 aliphatic rings. The van der Waals surface area contributed by atoms with E-state index < -0.39 is 30.1 Å². The Bertz CT molecular complexity index is 1130. The summed E-state index contributed by atoms with van der Waals surface area (Å²) in [6, 6.07) is 29.4. The summed E-state index contributed by atoms with van der Waals surface area (Å²) in [6.45, 7) is 12.7. The van der Waals surface area contributed by atoms with Crippen molar-refractivity contribution in [2.24, 2.45) is 0 Å². The Morgan fingerprint density at radius 3 is 1.76 bits per heavy atom. The van der Waals surface area contributed by atoms with Crippen LogP contribution in [0.4, 0.5) is 4.39 Å². The molecule has 37 heavy (non-hydrogen) atoms. The number of nitrogens with one attached hydrogen (secondary N) is 1. The highest BCUT2D eigenvalue weighted by Crippen LogP contribution is 2.37. The Morgan fingerprint density at radius 2 is 1.32 bits per heavy atom. The van der Waals surface area contributed by atoms with E-state index in [1.165, 1.54) is 10.4 Å². The Balaban J connectivity index is 1.88. The normalized spacial score (nSPS) is 14.8. The van der Waals surface area contributed by atoms with Crippen LogP contribution >= 0.6 is 0 Å². The molecule has 0 radical (unpaired) electrons. The third-order valence-electron chi connectivity index (χ3n) is 6.38. The molecule has 0 bridgehead atoms. The van der Waals surface area contributed by atoms with Gasteiger partial charge in [-0.15, -0.1) is 0 Å². The summed E-state index contributed by atoms with van der Waals surface area (Å²) in [5.41, 5.74) is 0.738. The summed E-state index contributed by atoms with van der Waals surface area (Å²) in [5.74, 6) is -0.352. The fourth-order valence-corrected chi connectivity index (χ4v) is 9.90. The van der Waals surface area contributed by atoms with Crippen molar-refractivity contribution in [3.05, 3.63) is 108 Å². The van der Waals surface area contributed by atoms with Crippen molar-refractivity contribution in [1.29, 1.82) is 0 Å². The molecule has 0 saturated carbocycles. The molecule has 0 heterocycles. The Hall–Kier alpha value is -2.38. The molecule has 6 heteroatoms. The lowest BCUT2D eigenvalue weighted by atomic mass is 10.1. The zero-order valence-corrected chi connectivity index (χ0v) is 24.6. The summed E-state index contributed by atoms with van der Waals surface area (Å²) < 4.78 is 37.8. The van der Waals surface area contributed by atoms with Crippen LogP contribution < -0.4 is 15.1 Å². The predicted molar refractivity (Wildman–Crippen MR) is 158 cm³/mol. The van der Waals surface area contributed by atoms with Gasteiger partial charge in [-0.2, -0.15) is 0 Å². The first-order chi connectivity index (χ1) is 17.5. The summed E-state index contributed by atoms with van der Waals surface area (Å²) in [7, 11) is -4.11. The predicted octanol–water partition coefficient (Wildman–Crippen LogP) is 6.60. The molecule has 0 saturated heterocycles. The number of rotatable bonds is 10. The molecule has 3 aromatic carbocycles. The highest BCUT2D eigenvalue weighted by molar-refractivity contribution is 7.84. The number of hydrogen-bond acceptors (Lipinski definition) is 2. The van der Waals surface area contributed by atoms with Crippen LogP contribution in [0.1, 0.15) is 59.6 Å². The first-order valence-electron chi connectivity index (χ1n) is 12.8. The van der Waals surface area contributed by atoms with Crippen molar-refractivity contribution < 1.29 is 13.0 Å². The molecule has 0 amide bonds. The van der Waals surface area contributed by atoms with Crippen LogP contribution in [0.25, 0.3) is 0 Å². The smallest absolute Gasteiger partial charge is 0.261 e. The van der Waals surface area contributed by atoms with Crippen LogP contribution in [0.3, 0.4) is 0 Å². The molecule has 3 nitrogen and oxygen atoms in total. The zero-order valence-electron chi connectivity index (χ0n) is 22.8. The van der Waals surface area contributed by atoms with Gasteiger partial charge in [0.05, 0.1) is 21.8 Å². The van der Waals surface area contributed by atoms with Gasteiger partial charge in [0.15, 0.2) is 0 Å². The second-order valence-corrected chi connectivity index (χ2v) is 17.5. The lowest BCUT2D eigenvalue weighted by molar-refractivity contribution is 0.303. The molecule has 0 fully saturated rings. The molecule has 2 atom stereocenters. The lowest BCUT2D eigenvalue weighted by Gasteiger charge is -2.43. The second kappa shape index (κ2) is 12.4. The maximum atomic E-state index is 15.6. The molecular weight excluding hydrogens is 497 g/mol. The van der Waals surface area contributed by atoms with E-state index in [1.54, 1.807) is 6.08 Å². The zero-order chi connectivity index (χ0) is 27.1. The first kappa shape index (κ1) is 29.2. The van der Waals surface area contributed by atoms with E-state index in [1.807, 2.05) is 63.2 Å². The standard InChI is InChI=1S/C31H40FNO2SSi/c1-30(2,3)36(34)33-29(25-17-10-7-11-18-25)28(32)23-16-24-35-37(31(4,5)6,26-19-12-8-13-20-26)27-21-14-9-15-22-27/h7-15,17-23,29,33H,16,24H2,1-6H3/b28-23-/t29-,36?/m1/s1. The van der Waals surface area contributed by atoms with Crippen molar-refractivity contribution in [2.45, 2.75) is 63.8 Å². The van der Waals surface area contributed by atoms with Gasteiger partial charge in [0.2, 0.25) is 0 Å². The molecule has 0 aliphatic heterocycles. The fourth-order valence-electron chi connectivity index (χ4n) is 4.50. The van der Waals surface area contributed by atoms with Crippen molar-refractivity contribution in [1.82, 2.24) is 4.72 Å². The van der Waals surface area contributed by atoms with Crippen LogP contribution in [-0.2, 0) is 15.4 Å². The summed E-state index contributed by atoms with van der Waals surface area (Å²) in [5, 5.41) is 2.25. The topological polar surface area (TPSA) is 38.3 Å². The van der Waals surface area contributed by atoms with E-state index in [2.05, 4.69) is 74.0 Å². The number of benzene rings is 3. The van der Waals surface area contributed by atoms with Crippen molar-refractivity contribution in [3.8, 4) is 0 Å². The molecule has 1 unspecified atom stereocenters. The van der Waals surface area contributed by atoms with Gasteiger partial charge in [0.1, 0.15) is 5.83 Å². The average Bonchev–Trinajstić information content (AvgIpc) is 2.87. The van der Waals surface area contributed by atoms with Gasteiger partial charge in [0, 0.05) is 6.61 Å². The molecule has 3 aromatic rings. The molecule has 0 spiro atoms. The highest BCUT2D eigenvalue weighted by atomic mass is 32.2. The Morgan fingerprint density at radius 1 is 0.865 bits per heavy atom. The van der Waals surface area contributed by atoms with Crippen molar-refractivity contribution in [2.75, 3.05) is 6.61 Å². The minimum absolute atomic E-state index is 0.143. The lowest BCUT2D eigenvalue weighted by Crippen LogP contribution is -2.66. The molecule has 0 aromatic heterocycles. The van der Waals surface area contributed by atoms with E-state index in [-0.39, 0.29) is 10.9 Å². The molecular formula is C31H40FNO2SSi. The monoisotopic (exact) mass is 537 g/mol. The fraction of sp³-hybridized carbons (Fsp3) is 0.355. The van der Waals surface area contributed by atoms with E-state index in [4.69, 9.17) is 4.43 Å². The largest absolute Gasteiger partial charge is 0.407 e. The van der Waals surface area contributed by atoms with Crippen LogP contribution in [0.2, 0.25) is 5.04 Å². The highest BCUT2D eigenvalue weighted by Gasteiger charge is 2.49. The first-order valence-corrected chi connectivity index (χ1v) is 15.9. The van der Waals surface area contributed by atoms with Crippen LogP contribution in [0, 0.1) is 0 Å². The van der Waals surface area contributed by atoms with Gasteiger partial charge >= 0.3 is 0 Å². The Labute approximate surface area is 225 Å². The van der Waals surface area contributed by atoms with E-state index in [0.29, 0.717) is 13.0 Å². The van der Waals surface area contributed by atoms with Crippen LogP contribution in [-0.4, -0.2) is 23.9 Å². The average molecular weight is 538 g/mol. The van der Waals surface area contributed by atoms with Gasteiger partial charge in [0.25, 0.3) is 8.32 Å². The Kier molecular flexibility index (Phi) is 9.81. The summed E-state index contributed by atoms with van der Waals surface area (Å²) >= 11 is 0. The maximum Gasteiger partial charge on any atom is 0.261 e. The quantitative estimate of drug-likeness (QED) is 0.234. The minimum Gasteiger partial charge on any atom is -0.407 e. The van der Waals surface area contributed by atoms with Gasteiger partial charge in [-0.05, 0) is 54.2 Å². The molecule has 1 N–H and O–H groups in total. The molecule has 3 rings (SSSR count). The minimum atomic E-state index is -2.68. The molecule has 198 valence electrons. The van der Waals surface area contributed by atoms with E-state index >= 15 is 4.39 Å². The van der Waals surface area contributed by atoms with Gasteiger partial charge in [-0.25, -0.2) is 13.3 Å². The third-order valence-corrected chi connectivity index (χ3v) is 13.0. The van der Waals surface area contributed by atoms with Crippen molar-refractivity contribution in [3.63, 3.8) is 0 Å². The van der Waals surface area contributed by atoms with Gasteiger partial charge in [-0.3, -0.25) is 0 Å². The van der Waals surface area contributed by atoms with Crippen LogP contribution in [0.15, 0.2) is 103 Å². The maximum absolute atomic E-state index is 15.6. The summed E-state index contributed by atoms with van der Waals surface area (Å²) in [6.07, 6.45) is 1.98. The summed E-state index contributed by atoms with van der Waals surface area (Å²) in [4.78, 5) is 0. The van der Waals surface area contributed by atoms with E-state index in [9.17, 15) is 4.21 Å². The van der Waals surface area contributed by atoms with Crippen molar-refractivity contribution >= 4 is 29.7 Å². The third kappa shape index (κ3) is 7.14. The van der Waals surface area contributed by atoms with Gasteiger partial charge < -0.3 is 4.43 Å². The van der Waals surface area contributed by atoms with E-state index in [0.717, 1.165) is 5.56 Å². The van der Waals surface area contributed by atoms with Crippen LogP contribution in [0.5, 0.6) is 0 Å². The number of hydrogen-bond donors (Lipinski definition) is 1. The molecule has 0 aliphatic carbocycles.